The molecule has 0 unspecified atom stereocenters. The summed E-state index contributed by atoms with van der Waals surface area (Å²) < 4.78 is 27.8. The van der Waals surface area contributed by atoms with Crippen molar-refractivity contribution in [1.82, 2.24) is 15.1 Å². The molecular formula is C15H14N4O3S. The fraction of sp³-hybridized carbons (Fsp3) is 0.133. The number of benzene rings is 1. The lowest BCUT2D eigenvalue weighted by Crippen LogP contribution is -2.13. The molecule has 1 aromatic carbocycles. The van der Waals surface area contributed by atoms with Crippen molar-refractivity contribution in [3.05, 3.63) is 60.0 Å². The van der Waals surface area contributed by atoms with Crippen molar-refractivity contribution < 1.29 is 12.9 Å². The van der Waals surface area contributed by atoms with Crippen LogP contribution in [0.25, 0.3) is 11.5 Å². The fourth-order valence-electron chi connectivity index (χ4n) is 2.07. The van der Waals surface area contributed by atoms with Crippen LogP contribution in [0.3, 0.4) is 0 Å². The van der Waals surface area contributed by atoms with E-state index in [0.717, 1.165) is 6.42 Å². The summed E-state index contributed by atoms with van der Waals surface area (Å²) in [6.07, 6.45) is 2.75. The van der Waals surface area contributed by atoms with Gasteiger partial charge in [-0.05, 0) is 24.1 Å². The van der Waals surface area contributed by atoms with Crippen molar-refractivity contribution >= 4 is 10.0 Å². The van der Waals surface area contributed by atoms with Crippen LogP contribution in [0.2, 0.25) is 0 Å². The molecule has 0 spiro atoms. The minimum Gasteiger partial charge on any atom is -0.334 e. The molecule has 0 fully saturated rings. The van der Waals surface area contributed by atoms with Crippen molar-refractivity contribution in [3.63, 3.8) is 0 Å². The molecule has 0 saturated carbocycles. The minimum atomic E-state index is -3.87. The van der Waals surface area contributed by atoms with E-state index in [4.69, 9.17) is 9.66 Å². The molecule has 0 bridgehead atoms. The van der Waals surface area contributed by atoms with Crippen molar-refractivity contribution in [2.24, 2.45) is 5.14 Å². The first-order chi connectivity index (χ1) is 11.0. The number of hydrogen-bond acceptors (Lipinski definition) is 6. The molecule has 23 heavy (non-hydrogen) atoms. The highest BCUT2D eigenvalue weighted by Gasteiger charge is 2.14. The average molecular weight is 330 g/mol. The van der Waals surface area contributed by atoms with Crippen LogP contribution in [0.4, 0.5) is 0 Å². The molecule has 0 radical (unpaired) electrons. The Hall–Kier alpha value is -2.58. The third kappa shape index (κ3) is 3.79. The fourth-order valence-corrected chi connectivity index (χ4v) is 2.57. The summed E-state index contributed by atoms with van der Waals surface area (Å²) >= 11 is 0. The van der Waals surface area contributed by atoms with Crippen LogP contribution in [0, 0.1) is 0 Å². The Kier molecular flexibility index (Phi) is 4.18. The molecule has 2 N–H and O–H groups in total. The zero-order valence-corrected chi connectivity index (χ0v) is 12.9. The highest BCUT2D eigenvalue weighted by molar-refractivity contribution is 7.89. The van der Waals surface area contributed by atoms with Gasteiger partial charge in [-0.3, -0.25) is 0 Å². The Morgan fingerprint density at radius 3 is 2.61 bits per heavy atom. The molecule has 0 aliphatic carbocycles. The summed E-state index contributed by atoms with van der Waals surface area (Å²) in [5.74, 6) is 0.790. The molecular weight excluding hydrogens is 316 g/mol. The Labute approximate surface area is 133 Å². The van der Waals surface area contributed by atoms with Crippen LogP contribution < -0.4 is 5.14 Å². The molecule has 0 atom stereocenters. The number of sulfonamides is 1. The van der Waals surface area contributed by atoms with E-state index in [0.29, 0.717) is 17.8 Å². The van der Waals surface area contributed by atoms with Gasteiger partial charge in [0.1, 0.15) is 0 Å². The van der Waals surface area contributed by atoms with Crippen LogP contribution in [-0.4, -0.2) is 23.5 Å². The van der Waals surface area contributed by atoms with Crippen LogP contribution in [0.1, 0.15) is 11.4 Å². The van der Waals surface area contributed by atoms with Gasteiger partial charge in [0.15, 0.2) is 10.9 Å². The van der Waals surface area contributed by atoms with Gasteiger partial charge in [0.25, 0.3) is 15.9 Å². The van der Waals surface area contributed by atoms with Crippen LogP contribution in [-0.2, 0) is 22.9 Å². The SMILES string of the molecule is NS(=O)(=O)c1cc(-c2nc(CCc3ccccc3)no2)ccn1. The number of nitrogens with two attached hydrogens (primary N) is 1. The van der Waals surface area contributed by atoms with E-state index in [1.807, 2.05) is 30.3 Å². The highest BCUT2D eigenvalue weighted by atomic mass is 32.2. The van der Waals surface area contributed by atoms with Gasteiger partial charge in [-0.2, -0.15) is 4.98 Å². The monoisotopic (exact) mass is 330 g/mol. The summed E-state index contributed by atoms with van der Waals surface area (Å²) in [7, 11) is -3.87. The predicted octanol–water partition coefficient (Wildman–Crippen LogP) is 1.56. The van der Waals surface area contributed by atoms with E-state index in [9.17, 15) is 8.42 Å². The lowest BCUT2D eigenvalue weighted by molar-refractivity contribution is 0.422. The Bertz CT molecular complexity index is 907. The number of nitrogens with zero attached hydrogens (tertiary/aromatic N) is 3. The second-order valence-corrected chi connectivity index (χ2v) is 6.44. The Morgan fingerprint density at radius 2 is 1.87 bits per heavy atom. The summed E-state index contributed by atoms with van der Waals surface area (Å²) in [5, 5.41) is 8.74. The zero-order valence-electron chi connectivity index (χ0n) is 12.1. The Morgan fingerprint density at radius 1 is 1.09 bits per heavy atom. The average Bonchev–Trinajstić information content (AvgIpc) is 3.02. The normalized spacial score (nSPS) is 11.5. The van der Waals surface area contributed by atoms with E-state index >= 15 is 0 Å². The number of primary sulfonamides is 1. The highest BCUT2D eigenvalue weighted by Crippen LogP contribution is 2.19. The van der Waals surface area contributed by atoms with Crippen molar-refractivity contribution in [3.8, 4) is 11.5 Å². The summed E-state index contributed by atoms with van der Waals surface area (Å²) in [6.45, 7) is 0. The third-order valence-electron chi connectivity index (χ3n) is 3.22. The molecule has 0 aliphatic rings. The quantitative estimate of drug-likeness (QED) is 0.760. The molecule has 118 valence electrons. The lowest BCUT2D eigenvalue weighted by Gasteiger charge is -1.98. The van der Waals surface area contributed by atoms with Gasteiger partial charge in [-0.1, -0.05) is 35.5 Å². The maximum atomic E-state index is 11.3. The summed E-state index contributed by atoms with van der Waals surface area (Å²) in [6, 6.07) is 12.9. The van der Waals surface area contributed by atoms with E-state index in [-0.39, 0.29) is 10.9 Å². The van der Waals surface area contributed by atoms with E-state index in [2.05, 4.69) is 15.1 Å². The van der Waals surface area contributed by atoms with Crippen LogP contribution >= 0.6 is 0 Å². The number of aryl methyl sites for hydroxylation is 2. The molecule has 8 heteroatoms. The second kappa shape index (κ2) is 6.27. The van der Waals surface area contributed by atoms with Gasteiger partial charge in [0.05, 0.1) is 0 Å². The van der Waals surface area contributed by atoms with Crippen molar-refractivity contribution in [2.75, 3.05) is 0 Å². The number of pyridine rings is 1. The van der Waals surface area contributed by atoms with E-state index in [1.54, 1.807) is 6.07 Å². The Balaban J connectivity index is 1.77. The maximum absolute atomic E-state index is 11.3. The van der Waals surface area contributed by atoms with Gasteiger partial charge < -0.3 is 4.52 Å². The van der Waals surface area contributed by atoms with Crippen molar-refractivity contribution in [2.45, 2.75) is 17.9 Å². The molecule has 2 heterocycles. The molecule has 0 amide bonds. The first-order valence-electron chi connectivity index (χ1n) is 6.88. The number of hydrogen-bond donors (Lipinski definition) is 1. The van der Waals surface area contributed by atoms with Gasteiger partial charge in [-0.15, -0.1) is 0 Å². The first kappa shape index (κ1) is 15.3. The van der Waals surface area contributed by atoms with Gasteiger partial charge >= 0.3 is 0 Å². The van der Waals surface area contributed by atoms with E-state index < -0.39 is 10.0 Å². The second-order valence-electron chi connectivity index (χ2n) is 4.93. The smallest absolute Gasteiger partial charge is 0.258 e. The first-order valence-corrected chi connectivity index (χ1v) is 8.43. The van der Waals surface area contributed by atoms with Crippen LogP contribution in [0.5, 0.6) is 0 Å². The molecule has 7 nitrogen and oxygen atoms in total. The van der Waals surface area contributed by atoms with Gasteiger partial charge in [0, 0.05) is 18.2 Å². The standard InChI is InChI=1S/C15H14N4O3S/c16-23(20,21)14-10-12(8-9-17-14)15-18-13(19-22-15)7-6-11-4-2-1-3-5-11/h1-5,8-10H,6-7H2,(H2,16,20,21). The third-order valence-corrected chi connectivity index (χ3v) is 4.03. The molecule has 0 saturated heterocycles. The molecule has 3 rings (SSSR count). The maximum Gasteiger partial charge on any atom is 0.258 e. The number of rotatable bonds is 5. The molecule has 3 aromatic rings. The predicted molar refractivity (Wildman–Crippen MR) is 82.8 cm³/mol. The van der Waals surface area contributed by atoms with E-state index in [1.165, 1.54) is 17.8 Å². The topological polar surface area (TPSA) is 112 Å². The van der Waals surface area contributed by atoms with Crippen LogP contribution in [0.15, 0.2) is 58.2 Å². The van der Waals surface area contributed by atoms with Gasteiger partial charge in [0.2, 0.25) is 0 Å². The zero-order chi connectivity index (χ0) is 16.3. The largest absolute Gasteiger partial charge is 0.334 e. The number of aromatic nitrogens is 3. The summed E-state index contributed by atoms with van der Waals surface area (Å²) in [5.41, 5.74) is 1.64. The molecule has 2 aromatic heterocycles. The molecule has 0 aliphatic heterocycles. The lowest BCUT2D eigenvalue weighted by atomic mass is 10.1. The summed E-state index contributed by atoms with van der Waals surface area (Å²) in [4.78, 5) is 7.99. The van der Waals surface area contributed by atoms with Crippen molar-refractivity contribution in [1.29, 1.82) is 0 Å². The van der Waals surface area contributed by atoms with Gasteiger partial charge in [-0.25, -0.2) is 18.5 Å². The minimum absolute atomic E-state index is 0.236.